The summed E-state index contributed by atoms with van der Waals surface area (Å²) in [6, 6.07) is 6.75. The summed E-state index contributed by atoms with van der Waals surface area (Å²) in [5, 5.41) is 4.31. The van der Waals surface area contributed by atoms with Crippen LogP contribution < -0.4 is 5.32 Å². The lowest BCUT2D eigenvalue weighted by molar-refractivity contribution is 0.199. The molecule has 0 aliphatic carbocycles. The van der Waals surface area contributed by atoms with Crippen LogP contribution in [0.25, 0.3) is 0 Å². The number of rotatable bonds is 5. The van der Waals surface area contributed by atoms with E-state index in [4.69, 9.17) is 11.6 Å². The van der Waals surface area contributed by atoms with Crippen molar-refractivity contribution in [2.75, 3.05) is 19.6 Å². The van der Waals surface area contributed by atoms with Crippen LogP contribution in [0.2, 0.25) is 5.02 Å². The van der Waals surface area contributed by atoms with Gasteiger partial charge in [-0.05, 0) is 49.7 Å². The van der Waals surface area contributed by atoms with Crippen LogP contribution in [-0.2, 0) is 6.54 Å². The first-order valence-corrected chi connectivity index (χ1v) is 7.76. The fourth-order valence-corrected chi connectivity index (χ4v) is 3.10. The molecular weight excluding hydrogens is 312 g/mol. The molecule has 1 aromatic carbocycles. The largest absolute Gasteiger partial charge is 0.315 e. The monoisotopic (exact) mass is 330 g/mol. The van der Waals surface area contributed by atoms with E-state index in [2.05, 4.69) is 39.1 Å². The summed E-state index contributed by atoms with van der Waals surface area (Å²) in [5.41, 5.74) is 1.21. The number of halogens is 2. The second-order valence-electron chi connectivity index (χ2n) is 4.85. The molecule has 1 heterocycles. The van der Waals surface area contributed by atoms with E-state index in [1.54, 1.807) is 0 Å². The van der Waals surface area contributed by atoms with E-state index in [-0.39, 0.29) is 0 Å². The fourth-order valence-electron chi connectivity index (χ4n) is 2.51. The average molecular weight is 332 g/mol. The molecule has 1 fully saturated rings. The Hall–Kier alpha value is -0.0900. The topological polar surface area (TPSA) is 15.3 Å². The van der Waals surface area contributed by atoms with Gasteiger partial charge in [-0.15, -0.1) is 0 Å². The van der Waals surface area contributed by atoms with Crippen molar-refractivity contribution in [2.45, 2.75) is 32.4 Å². The van der Waals surface area contributed by atoms with Gasteiger partial charge < -0.3 is 5.32 Å². The highest BCUT2D eigenvalue weighted by Gasteiger charge is 2.22. The van der Waals surface area contributed by atoms with Crippen molar-refractivity contribution >= 4 is 27.5 Å². The summed E-state index contributed by atoms with van der Waals surface area (Å²) in [4.78, 5) is 2.55. The average Bonchev–Trinajstić information content (AvgIpc) is 2.87. The second-order valence-corrected chi connectivity index (χ2v) is 6.18. The maximum atomic E-state index is 6.28. The first kappa shape index (κ1) is 14.3. The van der Waals surface area contributed by atoms with E-state index in [1.807, 2.05) is 12.1 Å². The lowest BCUT2D eigenvalue weighted by Crippen LogP contribution is -2.37. The van der Waals surface area contributed by atoms with Gasteiger partial charge in [0.2, 0.25) is 0 Å². The van der Waals surface area contributed by atoms with Gasteiger partial charge in [-0.2, -0.15) is 0 Å². The zero-order chi connectivity index (χ0) is 13.0. The molecule has 1 unspecified atom stereocenters. The van der Waals surface area contributed by atoms with Gasteiger partial charge in [0.25, 0.3) is 0 Å². The van der Waals surface area contributed by atoms with Gasteiger partial charge in [0, 0.05) is 28.6 Å². The molecule has 1 aromatic rings. The minimum absolute atomic E-state index is 0.653. The van der Waals surface area contributed by atoms with Crippen LogP contribution in [-0.4, -0.2) is 30.6 Å². The molecule has 4 heteroatoms. The van der Waals surface area contributed by atoms with Crippen LogP contribution in [0.5, 0.6) is 0 Å². The summed E-state index contributed by atoms with van der Waals surface area (Å²) in [7, 11) is 0. The van der Waals surface area contributed by atoms with Crippen LogP contribution >= 0.6 is 27.5 Å². The molecule has 1 aliphatic rings. The summed E-state index contributed by atoms with van der Waals surface area (Å²) in [6.45, 7) is 6.55. The predicted molar refractivity (Wildman–Crippen MR) is 81.1 cm³/mol. The number of hydrogen-bond donors (Lipinski definition) is 1. The van der Waals surface area contributed by atoms with Crippen molar-refractivity contribution in [3.8, 4) is 0 Å². The third-order valence-electron chi connectivity index (χ3n) is 3.44. The SMILES string of the molecule is CCCN(Cc1cc(Br)ccc1Cl)C1CCNC1. The molecule has 0 aromatic heterocycles. The highest BCUT2D eigenvalue weighted by molar-refractivity contribution is 9.10. The number of nitrogens with one attached hydrogen (secondary N) is 1. The minimum Gasteiger partial charge on any atom is -0.315 e. The van der Waals surface area contributed by atoms with Gasteiger partial charge in [-0.1, -0.05) is 34.5 Å². The molecule has 18 heavy (non-hydrogen) atoms. The third kappa shape index (κ3) is 3.70. The third-order valence-corrected chi connectivity index (χ3v) is 4.30. The standard InChI is InChI=1S/C14H20BrClN2/c1-2-7-18(13-5-6-17-9-13)10-11-8-12(15)3-4-14(11)16/h3-4,8,13,17H,2,5-7,9-10H2,1H3. The highest BCUT2D eigenvalue weighted by Crippen LogP contribution is 2.24. The Balaban J connectivity index is 2.09. The summed E-state index contributed by atoms with van der Waals surface area (Å²) in [5.74, 6) is 0. The zero-order valence-corrected chi connectivity index (χ0v) is 13.1. The van der Waals surface area contributed by atoms with Crippen LogP contribution in [0, 0.1) is 0 Å². The van der Waals surface area contributed by atoms with Crippen molar-refractivity contribution in [3.05, 3.63) is 33.3 Å². The van der Waals surface area contributed by atoms with Crippen LogP contribution in [0.3, 0.4) is 0 Å². The normalized spacial score (nSPS) is 19.7. The minimum atomic E-state index is 0.653. The molecule has 100 valence electrons. The molecule has 1 atom stereocenters. The molecule has 1 saturated heterocycles. The van der Waals surface area contributed by atoms with Crippen LogP contribution in [0.1, 0.15) is 25.3 Å². The number of hydrogen-bond acceptors (Lipinski definition) is 2. The quantitative estimate of drug-likeness (QED) is 0.885. The Morgan fingerprint density at radius 1 is 1.50 bits per heavy atom. The van der Waals surface area contributed by atoms with Crippen molar-refractivity contribution in [1.29, 1.82) is 0 Å². The maximum absolute atomic E-state index is 6.28. The van der Waals surface area contributed by atoms with Crippen molar-refractivity contribution < 1.29 is 0 Å². The molecule has 1 aliphatic heterocycles. The van der Waals surface area contributed by atoms with Gasteiger partial charge >= 0.3 is 0 Å². The Labute approximate surface area is 123 Å². The molecule has 0 saturated carbocycles. The van der Waals surface area contributed by atoms with Crippen LogP contribution in [0.15, 0.2) is 22.7 Å². The van der Waals surface area contributed by atoms with Crippen molar-refractivity contribution in [1.82, 2.24) is 10.2 Å². The van der Waals surface area contributed by atoms with Crippen molar-refractivity contribution in [3.63, 3.8) is 0 Å². The van der Waals surface area contributed by atoms with E-state index < -0.39 is 0 Å². The molecule has 0 spiro atoms. The number of benzene rings is 1. The lowest BCUT2D eigenvalue weighted by atomic mass is 10.1. The van der Waals surface area contributed by atoms with E-state index in [9.17, 15) is 0 Å². The Bertz CT molecular complexity index is 391. The Morgan fingerprint density at radius 3 is 3.00 bits per heavy atom. The zero-order valence-electron chi connectivity index (χ0n) is 10.8. The molecule has 0 radical (unpaired) electrons. The molecule has 0 amide bonds. The predicted octanol–water partition coefficient (Wildman–Crippen LogP) is 3.68. The highest BCUT2D eigenvalue weighted by atomic mass is 79.9. The first-order valence-electron chi connectivity index (χ1n) is 6.59. The Morgan fingerprint density at radius 2 is 2.33 bits per heavy atom. The van der Waals surface area contributed by atoms with E-state index >= 15 is 0 Å². The van der Waals surface area contributed by atoms with E-state index in [0.29, 0.717) is 6.04 Å². The molecule has 2 rings (SSSR count). The fraction of sp³-hybridized carbons (Fsp3) is 0.571. The summed E-state index contributed by atoms with van der Waals surface area (Å²) in [6.07, 6.45) is 2.42. The first-order chi connectivity index (χ1) is 8.70. The van der Waals surface area contributed by atoms with E-state index in [1.165, 1.54) is 18.4 Å². The van der Waals surface area contributed by atoms with E-state index in [0.717, 1.165) is 35.7 Å². The summed E-state index contributed by atoms with van der Waals surface area (Å²) < 4.78 is 1.10. The second kappa shape index (κ2) is 6.90. The van der Waals surface area contributed by atoms with Gasteiger partial charge in [0.05, 0.1) is 0 Å². The van der Waals surface area contributed by atoms with Gasteiger partial charge in [-0.25, -0.2) is 0 Å². The van der Waals surface area contributed by atoms with Crippen molar-refractivity contribution in [2.24, 2.45) is 0 Å². The molecule has 2 nitrogen and oxygen atoms in total. The maximum Gasteiger partial charge on any atom is 0.0451 e. The van der Waals surface area contributed by atoms with Crippen LogP contribution in [0.4, 0.5) is 0 Å². The number of nitrogens with zero attached hydrogens (tertiary/aromatic N) is 1. The molecule has 0 bridgehead atoms. The lowest BCUT2D eigenvalue weighted by Gasteiger charge is -2.28. The molecule has 1 N–H and O–H groups in total. The van der Waals surface area contributed by atoms with Gasteiger partial charge in [0.15, 0.2) is 0 Å². The molecular formula is C14H20BrClN2. The van der Waals surface area contributed by atoms with Gasteiger partial charge in [-0.3, -0.25) is 4.90 Å². The van der Waals surface area contributed by atoms with Gasteiger partial charge in [0.1, 0.15) is 0 Å². The summed E-state index contributed by atoms with van der Waals surface area (Å²) >= 11 is 9.80. The Kier molecular flexibility index (Phi) is 5.49. The smallest absolute Gasteiger partial charge is 0.0451 e.